The zero-order valence-corrected chi connectivity index (χ0v) is 16.5. The van der Waals surface area contributed by atoms with Crippen molar-refractivity contribution < 1.29 is 14.2 Å². The number of hydrogen-bond donors (Lipinski definition) is 1. The van der Waals surface area contributed by atoms with Crippen molar-refractivity contribution in [2.24, 2.45) is 5.73 Å². The number of methoxy groups -OCH3 is 3. The van der Waals surface area contributed by atoms with Gasteiger partial charge in [0.2, 0.25) is 0 Å². The molecular formula is C21H18N4O5. The molecular weight excluding hydrogens is 388 g/mol. The van der Waals surface area contributed by atoms with Crippen LogP contribution in [0.2, 0.25) is 0 Å². The molecule has 9 heteroatoms. The minimum Gasteiger partial charge on any atom is -0.496 e. The summed E-state index contributed by atoms with van der Waals surface area (Å²) in [6, 6.07) is 10.7. The quantitative estimate of drug-likeness (QED) is 0.696. The van der Waals surface area contributed by atoms with E-state index < -0.39 is 17.2 Å². The van der Waals surface area contributed by atoms with Crippen molar-refractivity contribution in [1.29, 1.82) is 5.26 Å². The average Bonchev–Trinajstić information content (AvgIpc) is 3.08. The summed E-state index contributed by atoms with van der Waals surface area (Å²) in [5, 5.41) is 10.3. The van der Waals surface area contributed by atoms with E-state index in [2.05, 4.69) is 0 Å². The zero-order valence-electron chi connectivity index (χ0n) is 16.5. The summed E-state index contributed by atoms with van der Waals surface area (Å²) in [4.78, 5) is 26.5. The Morgan fingerprint density at radius 3 is 2.07 bits per heavy atom. The topological polar surface area (TPSA) is 121 Å². The first kappa shape index (κ1) is 19.1. The highest BCUT2D eigenvalue weighted by Gasteiger charge is 2.37. The zero-order chi connectivity index (χ0) is 21.6. The van der Waals surface area contributed by atoms with E-state index >= 15 is 0 Å². The smallest absolute Gasteiger partial charge is 0.279 e. The van der Waals surface area contributed by atoms with Crippen LogP contribution in [0.25, 0.3) is 16.6 Å². The molecule has 0 bridgehead atoms. The normalized spacial score (nSPS) is 15.1. The summed E-state index contributed by atoms with van der Waals surface area (Å²) < 4.78 is 18.4. The van der Waals surface area contributed by atoms with Crippen molar-refractivity contribution in [2.75, 3.05) is 21.3 Å². The van der Waals surface area contributed by atoms with Crippen LogP contribution in [0.1, 0.15) is 11.6 Å². The average molecular weight is 406 g/mol. The van der Waals surface area contributed by atoms with Gasteiger partial charge < -0.3 is 19.9 Å². The lowest BCUT2D eigenvalue weighted by Gasteiger charge is -2.20. The molecule has 30 heavy (non-hydrogen) atoms. The van der Waals surface area contributed by atoms with Gasteiger partial charge in [0.15, 0.2) is 11.5 Å². The van der Waals surface area contributed by atoms with Gasteiger partial charge in [0.05, 0.1) is 32.1 Å². The standard InChI is InChI=1S/C21H18N4O5/c1-28-15-9-17(30-3)16(29-2)8-13(15)18-14(10-22)19(23)25-21(27)12-7-5-4-6-11(12)20(26)24(18)25/h4-9,18H,23H2,1-3H3. The van der Waals surface area contributed by atoms with Gasteiger partial charge in [-0.1, -0.05) is 12.1 Å². The fourth-order valence-corrected chi connectivity index (χ4v) is 3.79. The van der Waals surface area contributed by atoms with Crippen molar-refractivity contribution >= 4 is 16.6 Å². The summed E-state index contributed by atoms with van der Waals surface area (Å²) >= 11 is 0. The van der Waals surface area contributed by atoms with E-state index in [0.29, 0.717) is 22.8 Å². The number of fused-ring (bicyclic) bond motifs is 2. The third-order valence-electron chi connectivity index (χ3n) is 5.18. The molecule has 0 aliphatic carbocycles. The van der Waals surface area contributed by atoms with Crippen LogP contribution in [0.3, 0.4) is 0 Å². The Bertz CT molecular complexity index is 1380. The molecule has 3 aromatic rings. The lowest BCUT2D eigenvalue weighted by atomic mass is 9.98. The van der Waals surface area contributed by atoms with Crippen molar-refractivity contribution in [3.8, 4) is 23.3 Å². The Kier molecular flexibility index (Phi) is 4.47. The van der Waals surface area contributed by atoms with Gasteiger partial charge in [-0.2, -0.15) is 9.94 Å². The molecule has 0 fully saturated rings. The van der Waals surface area contributed by atoms with Crippen molar-refractivity contribution in [3.05, 3.63) is 68.2 Å². The number of nitriles is 1. The molecule has 1 aromatic heterocycles. The van der Waals surface area contributed by atoms with Crippen LogP contribution < -0.4 is 31.1 Å². The number of allylic oxidation sites excluding steroid dienone is 1. The van der Waals surface area contributed by atoms with E-state index in [1.807, 2.05) is 6.07 Å². The van der Waals surface area contributed by atoms with Crippen LogP contribution in [0, 0.1) is 11.3 Å². The van der Waals surface area contributed by atoms with Gasteiger partial charge >= 0.3 is 0 Å². The Hall–Kier alpha value is -4.19. The highest BCUT2D eigenvalue weighted by atomic mass is 16.5. The Morgan fingerprint density at radius 1 is 0.933 bits per heavy atom. The molecule has 0 spiro atoms. The Labute approximate surface area is 170 Å². The van der Waals surface area contributed by atoms with Gasteiger partial charge in [-0.05, 0) is 18.2 Å². The predicted molar refractivity (Wildman–Crippen MR) is 110 cm³/mol. The molecule has 0 radical (unpaired) electrons. The Balaban J connectivity index is 2.14. The molecule has 2 aromatic carbocycles. The van der Waals surface area contributed by atoms with Gasteiger partial charge in [-0.15, -0.1) is 0 Å². The van der Waals surface area contributed by atoms with Crippen LogP contribution in [0.5, 0.6) is 17.2 Å². The highest BCUT2D eigenvalue weighted by molar-refractivity contribution is 5.82. The number of nitrogens with two attached hydrogens (primary N) is 1. The van der Waals surface area contributed by atoms with Gasteiger partial charge in [0.25, 0.3) is 11.1 Å². The number of rotatable bonds is 4. The van der Waals surface area contributed by atoms with E-state index in [1.165, 1.54) is 26.0 Å². The maximum absolute atomic E-state index is 13.4. The van der Waals surface area contributed by atoms with Gasteiger partial charge in [0, 0.05) is 11.6 Å². The van der Waals surface area contributed by atoms with Crippen LogP contribution in [0.15, 0.2) is 51.6 Å². The molecule has 1 aliphatic rings. The van der Waals surface area contributed by atoms with E-state index in [9.17, 15) is 14.9 Å². The largest absolute Gasteiger partial charge is 0.496 e. The second kappa shape index (κ2) is 7.00. The molecule has 0 amide bonds. The maximum Gasteiger partial charge on any atom is 0.279 e. The summed E-state index contributed by atoms with van der Waals surface area (Å²) in [7, 11) is 4.40. The third kappa shape index (κ3) is 2.47. The number of nitrogens with zero attached hydrogens (tertiary/aromatic N) is 3. The predicted octanol–water partition coefficient (Wildman–Crippen LogP) is 1.44. The summed E-state index contributed by atoms with van der Waals surface area (Å²) in [6.07, 6.45) is 0. The van der Waals surface area contributed by atoms with Crippen LogP contribution in [-0.2, 0) is 0 Å². The van der Waals surface area contributed by atoms with Crippen LogP contribution in [0.4, 0.5) is 0 Å². The molecule has 0 saturated carbocycles. The van der Waals surface area contributed by atoms with Gasteiger partial charge in [-0.25, -0.2) is 4.68 Å². The molecule has 1 unspecified atom stereocenters. The molecule has 9 nitrogen and oxygen atoms in total. The number of benzene rings is 2. The lowest BCUT2D eigenvalue weighted by molar-refractivity contribution is 0.345. The molecule has 1 aliphatic heterocycles. The van der Waals surface area contributed by atoms with Crippen LogP contribution >= 0.6 is 0 Å². The van der Waals surface area contributed by atoms with E-state index in [-0.39, 0.29) is 22.2 Å². The molecule has 2 N–H and O–H groups in total. The SMILES string of the molecule is COc1cc(OC)c(C2C(C#N)=C(N)n3c(=O)c4ccccc4c(=O)n32)cc1OC. The van der Waals surface area contributed by atoms with Gasteiger partial charge in [-0.3, -0.25) is 9.59 Å². The number of aromatic nitrogens is 2. The molecule has 4 rings (SSSR count). The first-order valence-corrected chi connectivity index (χ1v) is 8.95. The number of hydrogen-bond acceptors (Lipinski definition) is 7. The van der Waals surface area contributed by atoms with Crippen molar-refractivity contribution in [2.45, 2.75) is 6.04 Å². The minimum atomic E-state index is -0.977. The molecule has 152 valence electrons. The minimum absolute atomic E-state index is 0.0510. The number of ether oxygens (including phenoxy) is 3. The first-order valence-electron chi connectivity index (χ1n) is 8.95. The highest BCUT2D eigenvalue weighted by Crippen LogP contribution is 2.42. The fourth-order valence-electron chi connectivity index (χ4n) is 3.79. The molecule has 1 atom stereocenters. The summed E-state index contributed by atoms with van der Waals surface area (Å²) in [5.41, 5.74) is 5.70. The fraction of sp³-hybridized carbons (Fsp3) is 0.190. The van der Waals surface area contributed by atoms with E-state index in [4.69, 9.17) is 19.9 Å². The summed E-state index contributed by atoms with van der Waals surface area (Å²) in [5.74, 6) is 1.03. The maximum atomic E-state index is 13.4. The van der Waals surface area contributed by atoms with Crippen molar-refractivity contribution in [3.63, 3.8) is 0 Å². The molecule has 2 heterocycles. The Morgan fingerprint density at radius 2 is 1.50 bits per heavy atom. The third-order valence-corrected chi connectivity index (χ3v) is 5.18. The molecule has 0 saturated heterocycles. The monoisotopic (exact) mass is 406 g/mol. The van der Waals surface area contributed by atoms with E-state index in [0.717, 1.165) is 4.68 Å². The summed E-state index contributed by atoms with van der Waals surface area (Å²) in [6.45, 7) is 0. The second-order valence-corrected chi connectivity index (χ2v) is 6.57. The van der Waals surface area contributed by atoms with E-state index in [1.54, 1.807) is 36.4 Å². The lowest BCUT2D eigenvalue weighted by Crippen LogP contribution is -2.38. The second-order valence-electron chi connectivity index (χ2n) is 6.57. The van der Waals surface area contributed by atoms with Crippen LogP contribution in [-0.4, -0.2) is 30.7 Å². The van der Waals surface area contributed by atoms with Crippen molar-refractivity contribution in [1.82, 2.24) is 9.36 Å². The van der Waals surface area contributed by atoms with Gasteiger partial charge in [0.1, 0.15) is 29.3 Å². The first-order chi connectivity index (χ1) is 14.5.